The zero-order valence-electron chi connectivity index (χ0n) is 9.59. The van der Waals surface area contributed by atoms with Gasteiger partial charge in [-0.25, -0.2) is 0 Å². The van der Waals surface area contributed by atoms with E-state index in [1.54, 1.807) is 12.1 Å². The number of hydrogen-bond acceptors (Lipinski definition) is 3. The van der Waals surface area contributed by atoms with Crippen LogP contribution in [0.1, 0.15) is 5.56 Å². The van der Waals surface area contributed by atoms with Gasteiger partial charge in [0, 0.05) is 15.4 Å². The van der Waals surface area contributed by atoms with Crippen LogP contribution in [-0.2, 0) is 0 Å². The van der Waals surface area contributed by atoms with E-state index in [1.807, 2.05) is 31.2 Å². The molecule has 2 aromatic carbocycles. The van der Waals surface area contributed by atoms with Crippen molar-refractivity contribution < 1.29 is 4.92 Å². The Morgan fingerprint density at radius 1 is 1.17 bits per heavy atom. The topological polar surface area (TPSA) is 43.1 Å². The van der Waals surface area contributed by atoms with Crippen LogP contribution >= 0.6 is 27.7 Å². The SMILES string of the molecule is Cc1ccc(Sc2cc(Br)ccc2[N+](=O)[O-])cc1. The van der Waals surface area contributed by atoms with Gasteiger partial charge < -0.3 is 0 Å². The third-order valence-corrected chi connectivity index (χ3v) is 3.92. The third kappa shape index (κ3) is 3.11. The van der Waals surface area contributed by atoms with Gasteiger partial charge in [-0.1, -0.05) is 45.4 Å². The van der Waals surface area contributed by atoms with Gasteiger partial charge in [0.15, 0.2) is 0 Å². The van der Waals surface area contributed by atoms with Crippen molar-refractivity contribution in [3.8, 4) is 0 Å². The van der Waals surface area contributed by atoms with E-state index in [1.165, 1.54) is 23.4 Å². The normalized spacial score (nSPS) is 10.3. The predicted octanol–water partition coefficient (Wildman–Crippen LogP) is 4.82. The molecule has 0 radical (unpaired) electrons. The standard InChI is InChI=1S/C13H10BrNO2S/c1-9-2-5-11(6-3-9)18-13-8-10(14)4-7-12(13)15(16)17/h2-8H,1H3. The molecule has 0 saturated heterocycles. The fourth-order valence-electron chi connectivity index (χ4n) is 1.45. The Kier molecular flexibility index (Phi) is 4.04. The fourth-order valence-corrected chi connectivity index (χ4v) is 2.93. The van der Waals surface area contributed by atoms with Gasteiger partial charge in [0.05, 0.1) is 9.82 Å². The first-order valence-electron chi connectivity index (χ1n) is 5.25. The van der Waals surface area contributed by atoms with Crippen LogP contribution in [0.25, 0.3) is 0 Å². The maximum absolute atomic E-state index is 11.0. The van der Waals surface area contributed by atoms with Gasteiger partial charge in [-0.05, 0) is 31.2 Å². The van der Waals surface area contributed by atoms with E-state index in [0.717, 1.165) is 9.37 Å². The van der Waals surface area contributed by atoms with Crippen LogP contribution < -0.4 is 0 Å². The molecule has 0 heterocycles. The Hall–Kier alpha value is -1.33. The number of benzene rings is 2. The Bertz CT molecular complexity index is 584. The molecule has 3 nitrogen and oxygen atoms in total. The molecule has 92 valence electrons. The molecule has 5 heteroatoms. The minimum atomic E-state index is -0.358. The molecule has 0 spiro atoms. The van der Waals surface area contributed by atoms with Crippen molar-refractivity contribution >= 4 is 33.4 Å². The fraction of sp³-hybridized carbons (Fsp3) is 0.0769. The quantitative estimate of drug-likeness (QED) is 0.601. The minimum absolute atomic E-state index is 0.128. The van der Waals surface area contributed by atoms with Gasteiger partial charge >= 0.3 is 0 Å². The van der Waals surface area contributed by atoms with Gasteiger partial charge in [0.1, 0.15) is 0 Å². The van der Waals surface area contributed by atoms with Crippen LogP contribution in [0.3, 0.4) is 0 Å². The molecule has 0 aliphatic heterocycles. The van der Waals surface area contributed by atoms with Crippen molar-refractivity contribution in [1.29, 1.82) is 0 Å². The van der Waals surface area contributed by atoms with Gasteiger partial charge in [-0.15, -0.1) is 0 Å². The molecule has 0 bridgehead atoms. The lowest BCUT2D eigenvalue weighted by atomic mass is 10.2. The van der Waals surface area contributed by atoms with Crippen molar-refractivity contribution in [3.63, 3.8) is 0 Å². The predicted molar refractivity (Wildman–Crippen MR) is 76.1 cm³/mol. The number of nitro groups is 1. The average molecular weight is 324 g/mol. The summed E-state index contributed by atoms with van der Waals surface area (Å²) in [6, 6.07) is 12.9. The first kappa shape index (κ1) is 13.1. The van der Waals surface area contributed by atoms with Crippen molar-refractivity contribution in [2.45, 2.75) is 16.7 Å². The maximum atomic E-state index is 11.0. The lowest BCUT2D eigenvalue weighted by Crippen LogP contribution is -1.90. The number of rotatable bonds is 3. The zero-order valence-corrected chi connectivity index (χ0v) is 12.0. The van der Waals surface area contributed by atoms with Crippen LogP contribution in [0.2, 0.25) is 0 Å². The molecule has 0 saturated carbocycles. The van der Waals surface area contributed by atoms with Gasteiger partial charge in [0.25, 0.3) is 5.69 Å². The highest BCUT2D eigenvalue weighted by atomic mass is 79.9. The molecule has 2 aromatic rings. The second-order valence-corrected chi connectivity index (χ2v) is 5.82. The number of hydrogen-bond donors (Lipinski definition) is 0. The molecule has 0 fully saturated rings. The molecule has 2 rings (SSSR count). The Balaban J connectivity index is 2.35. The lowest BCUT2D eigenvalue weighted by Gasteiger charge is -2.04. The van der Waals surface area contributed by atoms with Gasteiger partial charge in [-0.2, -0.15) is 0 Å². The van der Waals surface area contributed by atoms with Crippen molar-refractivity contribution in [3.05, 3.63) is 62.6 Å². The molecular formula is C13H10BrNO2S. The molecule has 0 N–H and O–H groups in total. The van der Waals surface area contributed by atoms with Gasteiger partial charge in [-0.3, -0.25) is 10.1 Å². The minimum Gasteiger partial charge on any atom is -0.258 e. The van der Waals surface area contributed by atoms with Crippen LogP contribution in [0.4, 0.5) is 5.69 Å². The molecule has 18 heavy (non-hydrogen) atoms. The summed E-state index contributed by atoms with van der Waals surface area (Å²) in [6.07, 6.45) is 0. The van der Waals surface area contributed by atoms with Crippen LogP contribution in [0.5, 0.6) is 0 Å². The molecular weight excluding hydrogens is 314 g/mol. The monoisotopic (exact) mass is 323 g/mol. The maximum Gasteiger partial charge on any atom is 0.283 e. The average Bonchev–Trinajstić information content (AvgIpc) is 2.32. The van der Waals surface area contributed by atoms with Crippen molar-refractivity contribution in [2.24, 2.45) is 0 Å². The number of aryl methyl sites for hydroxylation is 1. The second kappa shape index (κ2) is 5.54. The van der Waals surface area contributed by atoms with E-state index in [2.05, 4.69) is 15.9 Å². The molecule has 0 atom stereocenters. The first-order valence-corrected chi connectivity index (χ1v) is 6.85. The van der Waals surface area contributed by atoms with E-state index in [0.29, 0.717) is 4.90 Å². The van der Waals surface area contributed by atoms with Crippen molar-refractivity contribution in [1.82, 2.24) is 0 Å². The summed E-state index contributed by atoms with van der Waals surface area (Å²) in [5.41, 5.74) is 1.30. The first-order chi connectivity index (χ1) is 8.56. The van der Waals surface area contributed by atoms with Crippen LogP contribution in [0.15, 0.2) is 56.7 Å². The Labute approximate surface area is 117 Å². The summed E-state index contributed by atoms with van der Waals surface area (Å²) >= 11 is 4.73. The summed E-state index contributed by atoms with van der Waals surface area (Å²) in [6.45, 7) is 2.01. The van der Waals surface area contributed by atoms with E-state index >= 15 is 0 Å². The van der Waals surface area contributed by atoms with Gasteiger partial charge in [0.2, 0.25) is 0 Å². The highest BCUT2D eigenvalue weighted by Gasteiger charge is 2.14. The Morgan fingerprint density at radius 3 is 2.44 bits per heavy atom. The summed E-state index contributed by atoms with van der Waals surface area (Å²) in [4.78, 5) is 12.2. The lowest BCUT2D eigenvalue weighted by molar-refractivity contribution is -0.387. The molecule has 0 amide bonds. The summed E-state index contributed by atoms with van der Waals surface area (Å²) < 4.78 is 0.836. The number of nitrogens with zero attached hydrogens (tertiary/aromatic N) is 1. The largest absolute Gasteiger partial charge is 0.283 e. The van der Waals surface area contributed by atoms with Crippen LogP contribution in [-0.4, -0.2) is 4.92 Å². The van der Waals surface area contributed by atoms with Crippen molar-refractivity contribution in [2.75, 3.05) is 0 Å². The third-order valence-electron chi connectivity index (χ3n) is 2.37. The number of halogens is 1. The van der Waals surface area contributed by atoms with E-state index in [-0.39, 0.29) is 10.6 Å². The summed E-state index contributed by atoms with van der Waals surface area (Å²) in [5.74, 6) is 0. The second-order valence-electron chi connectivity index (χ2n) is 3.78. The van der Waals surface area contributed by atoms with E-state index in [4.69, 9.17) is 0 Å². The smallest absolute Gasteiger partial charge is 0.258 e. The van der Waals surface area contributed by atoms with E-state index < -0.39 is 0 Å². The molecule has 0 unspecified atom stereocenters. The molecule has 0 aliphatic carbocycles. The zero-order chi connectivity index (χ0) is 13.1. The number of nitro benzene ring substituents is 1. The molecule has 0 aliphatic rings. The summed E-state index contributed by atoms with van der Waals surface area (Å²) in [5, 5.41) is 11.0. The van der Waals surface area contributed by atoms with Crippen LogP contribution in [0, 0.1) is 17.0 Å². The summed E-state index contributed by atoms with van der Waals surface area (Å²) in [7, 11) is 0. The van der Waals surface area contributed by atoms with E-state index in [9.17, 15) is 10.1 Å². The highest BCUT2D eigenvalue weighted by Crippen LogP contribution is 2.36. The highest BCUT2D eigenvalue weighted by molar-refractivity contribution is 9.10. The molecule has 0 aromatic heterocycles. The Morgan fingerprint density at radius 2 is 1.83 bits per heavy atom.